The summed E-state index contributed by atoms with van der Waals surface area (Å²) in [5.41, 5.74) is 0.128. The monoisotopic (exact) mass is 392 g/mol. The van der Waals surface area contributed by atoms with Crippen molar-refractivity contribution in [2.45, 2.75) is 33.3 Å². The van der Waals surface area contributed by atoms with E-state index in [0.717, 1.165) is 0 Å². The molecule has 146 valence electrons. The van der Waals surface area contributed by atoms with Crippen LogP contribution in [0.5, 0.6) is 0 Å². The molecular formula is C20H25ClN2O4. The molecule has 0 radical (unpaired) electrons. The number of hydrogen-bond donors (Lipinski definition) is 0. The fourth-order valence-electron chi connectivity index (χ4n) is 2.65. The lowest BCUT2D eigenvalue weighted by Gasteiger charge is -2.35. The van der Waals surface area contributed by atoms with E-state index in [4.69, 9.17) is 16.3 Å². The highest BCUT2D eigenvalue weighted by molar-refractivity contribution is 6.32. The highest BCUT2D eigenvalue weighted by Crippen LogP contribution is 2.20. The lowest BCUT2D eigenvalue weighted by molar-refractivity contribution is -0.130. The number of benzene rings is 1. The lowest BCUT2D eigenvalue weighted by Crippen LogP contribution is -2.52. The van der Waals surface area contributed by atoms with Crippen molar-refractivity contribution < 1.29 is 19.1 Å². The van der Waals surface area contributed by atoms with Gasteiger partial charge in [-0.3, -0.25) is 9.59 Å². The molecule has 2 rings (SSSR count). The molecule has 1 aromatic rings. The summed E-state index contributed by atoms with van der Waals surface area (Å²) in [6, 6.07) is 7.03. The van der Waals surface area contributed by atoms with Crippen LogP contribution in [0.2, 0.25) is 5.02 Å². The highest BCUT2D eigenvalue weighted by Gasteiger charge is 2.29. The molecule has 1 aromatic carbocycles. The van der Waals surface area contributed by atoms with Crippen molar-refractivity contribution in [3.63, 3.8) is 0 Å². The quantitative estimate of drug-likeness (QED) is 0.449. The second-order valence-corrected chi connectivity index (χ2v) is 7.80. The molecule has 0 aliphatic carbocycles. The summed E-state index contributed by atoms with van der Waals surface area (Å²) in [4.78, 5) is 40.1. The largest absolute Gasteiger partial charge is 0.444 e. The number of carbonyl (C=O) groups is 3. The van der Waals surface area contributed by atoms with Crippen LogP contribution in [0.25, 0.3) is 6.08 Å². The Hall–Kier alpha value is -2.34. The third kappa shape index (κ3) is 5.82. The van der Waals surface area contributed by atoms with Crippen LogP contribution >= 0.6 is 11.6 Å². The van der Waals surface area contributed by atoms with Gasteiger partial charge in [0.05, 0.1) is 5.57 Å². The smallest absolute Gasteiger partial charge is 0.410 e. The Morgan fingerprint density at radius 1 is 1.04 bits per heavy atom. The topological polar surface area (TPSA) is 66.9 Å². The molecule has 7 heteroatoms. The number of Topliss-reactive ketones (excluding diaryl/α,β-unsaturated/α-hetero) is 1. The number of ketones is 1. The van der Waals surface area contributed by atoms with Gasteiger partial charge in [-0.25, -0.2) is 4.79 Å². The van der Waals surface area contributed by atoms with E-state index in [1.807, 2.05) is 20.8 Å². The molecule has 1 fully saturated rings. The summed E-state index contributed by atoms with van der Waals surface area (Å²) in [5, 5.41) is 0.471. The first-order valence-corrected chi connectivity index (χ1v) is 9.20. The van der Waals surface area contributed by atoms with Gasteiger partial charge in [0.1, 0.15) is 5.60 Å². The van der Waals surface area contributed by atoms with Crippen molar-refractivity contribution in [3.05, 3.63) is 40.4 Å². The predicted octanol–water partition coefficient (Wildman–Crippen LogP) is 3.39. The summed E-state index contributed by atoms with van der Waals surface area (Å²) in [5.74, 6) is -0.680. The average Bonchev–Trinajstić information content (AvgIpc) is 2.59. The lowest BCUT2D eigenvalue weighted by atomic mass is 10.1. The Kier molecular flexibility index (Phi) is 6.65. The van der Waals surface area contributed by atoms with Gasteiger partial charge in [-0.1, -0.05) is 29.8 Å². The van der Waals surface area contributed by atoms with Gasteiger partial charge in [-0.15, -0.1) is 0 Å². The third-order valence-corrected chi connectivity index (χ3v) is 4.38. The standard InChI is InChI=1S/C20H25ClN2O4/c1-14(24)16(13-15-7-5-6-8-17(15)21)18(25)22-9-11-23(12-10-22)19(26)27-20(2,3)4/h5-8,13H,9-12H2,1-4H3/b16-13+. The number of halogens is 1. The van der Waals surface area contributed by atoms with Crippen LogP contribution in [0.3, 0.4) is 0 Å². The van der Waals surface area contributed by atoms with E-state index in [-0.39, 0.29) is 17.3 Å². The van der Waals surface area contributed by atoms with E-state index in [1.165, 1.54) is 13.0 Å². The zero-order valence-corrected chi connectivity index (χ0v) is 16.9. The number of ether oxygens (including phenoxy) is 1. The number of rotatable bonds is 3. The molecule has 0 unspecified atom stereocenters. The Morgan fingerprint density at radius 3 is 2.11 bits per heavy atom. The van der Waals surface area contributed by atoms with Crippen LogP contribution in [-0.4, -0.2) is 59.4 Å². The minimum atomic E-state index is -0.566. The van der Waals surface area contributed by atoms with Crippen molar-refractivity contribution in [1.29, 1.82) is 0 Å². The van der Waals surface area contributed by atoms with Crippen LogP contribution in [-0.2, 0) is 14.3 Å². The molecule has 0 N–H and O–H groups in total. The van der Waals surface area contributed by atoms with Crippen molar-refractivity contribution in [3.8, 4) is 0 Å². The number of carbonyl (C=O) groups excluding carboxylic acids is 3. The average molecular weight is 393 g/mol. The van der Waals surface area contributed by atoms with E-state index in [0.29, 0.717) is 36.8 Å². The number of amides is 2. The van der Waals surface area contributed by atoms with Crippen molar-refractivity contribution in [1.82, 2.24) is 9.80 Å². The molecule has 0 saturated carbocycles. The Balaban J connectivity index is 2.08. The fourth-order valence-corrected chi connectivity index (χ4v) is 2.84. The molecule has 1 saturated heterocycles. The van der Waals surface area contributed by atoms with Crippen molar-refractivity contribution in [2.24, 2.45) is 0 Å². The van der Waals surface area contributed by atoms with E-state index in [9.17, 15) is 14.4 Å². The van der Waals surface area contributed by atoms with E-state index < -0.39 is 11.7 Å². The third-order valence-electron chi connectivity index (χ3n) is 4.03. The molecule has 1 aliphatic heterocycles. The molecule has 1 aliphatic rings. The molecule has 6 nitrogen and oxygen atoms in total. The maximum absolute atomic E-state index is 12.8. The Bertz CT molecular complexity index is 759. The SMILES string of the molecule is CC(=O)/C(=C\c1ccccc1Cl)C(=O)N1CCN(C(=O)OC(C)(C)C)CC1. The molecule has 2 amide bonds. The predicted molar refractivity (Wildman–Crippen MR) is 104 cm³/mol. The first-order chi connectivity index (χ1) is 12.6. The van der Waals surface area contributed by atoms with Crippen molar-refractivity contribution in [2.75, 3.05) is 26.2 Å². The highest BCUT2D eigenvalue weighted by atomic mass is 35.5. The van der Waals surface area contributed by atoms with Gasteiger partial charge in [-0.05, 0) is 45.4 Å². The molecule has 0 aromatic heterocycles. The number of piperazine rings is 1. The second kappa shape index (κ2) is 8.57. The molecule has 0 spiro atoms. The van der Waals surface area contributed by atoms with Gasteiger partial charge in [-0.2, -0.15) is 0 Å². The summed E-state index contributed by atoms with van der Waals surface area (Å²) in [6.07, 6.45) is 1.13. The van der Waals surface area contributed by atoms with Crippen LogP contribution in [0.15, 0.2) is 29.8 Å². The second-order valence-electron chi connectivity index (χ2n) is 7.40. The van der Waals surface area contributed by atoms with Crippen LogP contribution < -0.4 is 0 Å². The zero-order chi connectivity index (χ0) is 20.2. The number of hydrogen-bond acceptors (Lipinski definition) is 4. The molecule has 0 bridgehead atoms. The number of nitrogens with zero attached hydrogens (tertiary/aromatic N) is 2. The summed E-state index contributed by atoms with van der Waals surface area (Å²) in [7, 11) is 0. The molecule has 0 atom stereocenters. The van der Waals surface area contributed by atoms with E-state index in [1.54, 1.807) is 34.1 Å². The normalized spacial score (nSPS) is 15.5. The maximum Gasteiger partial charge on any atom is 0.410 e. The van der Waals surface area contributed by atoms with Crippen LogP contribution in [0, 0.1) is 0 Å². The molecular weight excluding hydrogens is 368 g/mol. The van der Waals surface area contributed by atoms with E-state index in [2.05, 4.69) is 0 Å². The fraction of sp³-hybridized carbons (Fsp3) is 0.450. The summed E-state index contributed by atoms with van der Waals surface area (Å²) < 4.78 is 5.35. The van der Waals surface area contributed by atoms with Crippen LogP contribution in [0.1, 0.15) is 33.3 Å². The first kappa shape index (κ1) is 21.0. The molecule has 27 heavy (non-hydrogen) atoms. The maximum atomic E-state index is 12.8. The van der Waals surface area contributed by atoms with E-state index >= 15 is 0 Å². The van der Waals surface area contributed by atoms with Gasteiger partial charge in [0, 0.05) is 31.2 Å². The van der Waals surface area contributed by atoms with Gasteiger partial charge in [0.2, 0.25) is 0 Å². The minimum Gasteiger partial charge on any atom is -0.444 e. The summed E-state index contributed by atoms with van der Waals surface area (Å²) in [6.45, 7) is 8.18. The minimum absolute atomic E-state index is 0.0776. The van der Waals surface area contributed by atoms with Gasteiger partial charge >= 0.3 is 6.09 Å². The summed E-state index contributed by atoms with van der Waals surface area (Å²) >= 11 is 6.13. The first-order valence-electron chi connectivity index (χ1n) is 8.83. The van der Waals surface area contributed by atoms with Crippen molar-refractivity contribution >= 4 is 35.5 Å². The zero-order valence-electron chi connectivity index (χ0n) is 16.1. The van der Waals surface area contributed by atoms with Gasteiger partial charge in [0.25, 0.3) is 5.91 Å². The van der Waals surface area contributed by atoms with Crippen LogP contribution in [0.4, 0.5) is 4.79 Å². The Morgan fingerprint density at radius 2 is 1.59 bits per heavy atom. The van der Waals surface area contributed by atoms with Gasteiger partial charge in [0.15, 0.2) is 5.78 Å². The Labute approximate surface area is 164 Å². The van der Waals surface area contributed by atoms with Gasteiger partial charge < -0.3 is 14.5 Å². The molecule has 1 heterocycles.